The van der Waals surface area contributed by atoms with E-state index in [2.05, 4.69) is 11.9 Å². The molecule has 1 amide bonds. The minimum absolute atomic E-state index is 0.0114. The molecule has 3 aromatic rings. The Bertz CT molecular complexity index is 1200. The second-order valence-corrected chi connectivity index (χ2v) is 9.61. The molecule has 0 spiro atoms. The van der Waals surface area contributed by atoms with Crippen LogP contribution in [0, 0.1) is 11.7 Å². The molecule has 2 aromatic heterocycles. The zero-order valence-corrected chi connectivity index (χ0v) is 18.3. The average Bonchev–Trinajstić information content (AvgIpc) is 3.14. The lowest BCUT2D eigenvalue weighted by molar-refractivity contribution is -0.132. The maximum absolute atomic E-state index is 14.0. The standard InChI is InChI=1S/C23H25FN4O2S/c1-15-6-7-16-19(12-15)31-22-21(16)23(30)28(14-25-22)13-20(29)27-10-8-26(9-11-27)18-5-3-2-4-17(18)24/h2-5,14-15H,6-13H2,1H3. The number of piperazine rings is 1. The summed E-state index contributed by atoms with van der Waals surface area (Å²) in [5, 5.41) is 0.701. The Balaban J connectivity index is 1.30. The third kappa shape index (κ3) is 3.73. The van der Waals surface area contributed by atoms with Crippen LogP contribution in [0.3, 0.4) is 0 Å². The molecule has 0 radical (unpaired) electrons. The predicted molar refractivity (Wildman–Crippen MR) is 120 cm³/mol. The number of nitrogens with zero attached hydrogens (tertiary/aromatic N) is 4. The molecule has 1 unspecified atom stereocenters. The maximum Gasteiger partial charge on any atom is 0.262 e. The van der Waals surface area contributed by atoms with Gasteiger partial charge in [0.25, 0.3) is 5.56 Å². The first-order valence-electron chi connectivity index (χ1n) is 10.8. The second-order valence-electron chi connectivity index (χ2n) is 8.53. The fourth-order valence-corrected chi connectivity index (χ4v) is 5.97. The fraction of sp³-hybridized carbons (Fsp3) is 0.435. The molecule has 1 aromatic carbocycles. The van der Waals surface area contributed by atoms with Crippen LogP contribution < -0.4 is 10.5 Å². The van der Waals surface area contributed by atoms with Crippen molar-refractivity contribution in [2.75, 3.05) is 31.1 Å². The number of rotatable bonds is 3. The van der Waals surface area contributed by atoms with E-state index in [1.807, 2.05) is 11.0 Å². The molecule has 1 fully saturated rings. The van der Waals surface area contributed by atoms with Crippen LogP contribution in [-0.2, 0) is 24.2 Å². The SMILES string of the molecule is CC1CCc2c(sc3ncn(CC(=O)N4CCN(c5ccccc5F)CC4)c(=O)c23)C1. The number of aryl methyl sites for hydroxylation is 1. The molecule has 1 atom stereocenters. The number of amides is 1. The largest absolute Gasteiger partial charge is 0.366 e. The number of thiophene rings is 1. The third-order valence-electron chi connectivity index (χ3n) is 6.41. The number of anilines is 1. The Labute approximate surface area is 183 Å². The van der Waals surface area contributed by atoms with E-state index in [0.29, 0.717) is 43.2 Å². The molecule has 0 saturated carbocycles. The average molecular weight is 441 g/mol. The zero-order chi connectivity index (χ0) is 21.5. The summed E-state index contributed by atoms with van der Waals surface area (Å²) in [6.45, 7) is 4.36. The topological polar surface area (TPSA) is 58.4 Å². The molecule has 6 nitrogen and oxygen atoms in total. The first-order valence-corrected chi connectivity index (χ1v) is 11.6. The molecule has 1 aliphatic carbocycles. The van der Waals surface area contributed by atoms with Crippen molar-refractivity contribution >= 4 is 33.1 Å². The molecule has 8 heteroatoms. The summed E-state index contributed by atoms with van der Waals surface area (Å²) in [6, 6.07) is 6.70. The fourth-order valence-electron chi connectivity index (χ4n) is 4.63. The lowest BCUT2D eigenvalue weighted by Crippen LogP contribution is -2.50. The van der Waals surface area contributed by atoms with Crippen molar-refractivity contribution in [3.05, 3.63) is 57.2 Å². The van der Waals surface area contributed by atoms with Gasteiger partial charge in [0.15, 0.2) is 0 Å². The van der Waals surface area contributed by atoms with Gasteiger partial charge in [-0.05, 0) is 42.9 Å². The van der Waals surface area contributed by atoms with Gasteiger partial charge in [-0.15, -0.1) is 11.3 Å². The van der Waals surface area contributed by atoms with Gasteiger partial charge in [0.1, 0.15) is 17.2 Å². The molecule has 0 N–H and O–H groups in total. The highest BCUT2D eigenvalue weighted by Gasteiger charge is 2.25. The van der Waals surface area contributed by atoms with E-state index in [9.17, 15) is 14.0 Å². The van der Waals surface area contributed by atoms with Gasteiger partial charge in [-0.2, -0.15) is 0 Å². The van der Waals surface area contributed by atoms with Gasteiger partial charge in [0, 0.05) is 31.1 Å². The van der Waals surface area contributed by atoms with E-state index >= 15 is 0 Å². The number of halogens is 1. The summed E-state index contributed by atoms with van der Waals surface area (Å²) in [7, 11) is 0. The number of hydrogen-bond donors (Lipinski definition) is 0. The van der Waals surface area contributed by atoms with Crippen LogP contribution in [0.15, 0.2) is 35.4 Å². The number of benzene rings is 1. The Morgan fingerprint density at radius 1 is 1.23 bits per heavy atom. The molecule has 5 rings (SSSR count). The van der Waals surface area contributed by atoms with Crippen molar-refractivity contribution < 1.29 is 9.18 Å². The van der Waals surface area contributed by atoms with Crippen LogP contribution in [0.2, 0.25) is 0 Å². The second kappa shape index (κ2) is 8.07. The Morgan fingerprint density at radius 2 is 2.00 bits per heavy atom. The number of carbonyl (C=O) groups is 1. The molecule has 3 heterocycles. The van der Waals surface area contributed by atoms with Crippen LogP contribution in [0.5, 0.6) is 0 Å². The van der Waals surface area contributed by atoms with E-state index in [1.165, 1.54) is 21.8 Å². The molecular weight excluding hydrogens is 415 g/mol. The van der Waals surface area contributed by atoms with Gasteiger partial charge >= 0.3 is 0 Å². The molecule has 31 heavy (non-hydrogen) atoms. The van der Waals surface area contributed by atoms with Crippen molar-refractivity contribution in [3.63, 3.8) is 0 Å². The van der Waals surface area contributed by atoms with Crippen LogP contribution in [-0.4, -0.2) is 46.5 Å². The van der Waals surface area contributed by atoms with E-state index < -0.39 is 0 Å². The zero-order valence-electron chi connectivity index (χ0n) is 17.5. The van der Waals surface area contributed by atoms with Gasteiger partial charge in [-0.25, -0.2) is 9.37 Å². The van der Waals surface area contributed by atoms with Crippen LogP contribution in [0.1, 0.15) is 23.8 Å². The normalized spacial score (nSPS) is 19.0. The Kier molecular flexibility index (Phi) is 5.25. The molecule has 1 aliphatic heterocycles. The first-order chi connectivity index (χ1) is 15.0. The lowest BCUT2D eigenvalue weighted by atomic mass is 9.89. The number of fused-ring (bicyclic) bond motifs is 3. The lowest BCUT2D eigenvalue weighted by Gasteiger charge is -2.36. The van der Waals surface area contributed by atoms with E-state index in [0.717, 1.165) is 29.7 Å². The number of carbonyl (C=O) groups excluding carboxylic acids is 1. The van der Waals surface area contributed by atoms with E-state index in [1.54, 1.807) is 28.4 Å². The summed E-state index contributed by atoms with van der Waals surface area (Å²) in [6.07, 6.45) is 4.49. The van der Waals surface area contributed by atoms with E-state index in [4.69, 9.17) is 0 Å². The van der Waals surface area contributed by atoms with Crippen LogP contribution in [0.4, 0.5) is 10.1 Å². The van der Waals surface area contributed by atoms with Crippen molar-refractivity contribution in [2.45, 2.75) is 32.7 Å². The van der Waals surface area contributed by atoms with Crippen molar-refractivity contribution in [1.29, 1.82) is 0 Å². The number of aromatic nitrogens is 2. The molecule has 162 valence electrons. The molecule has 2 aliphatic rings. The predicted octanol–water partition coefficient (Wildman–Crippen LogP) is 3.07. The van der Waals surface area contributed by atoms with Crippen LogP contribution >= 0.6 is 11.3 Å². The number of para-hydroxylation sites is 1. The maximum atomic E-state index is 14.0. The summed E-state index contributed by atoms with van der Waals surface area (Å²) in [5.41, 5.74) is 1.59. The van der Waals surface area contributed by atoms with Crippen LogP contribution in [0.25, 0.3) is 10.2 Å². The number of hydrogen-bond acceptors (Lipinski definition) is 5. The molecule has 1 saturated heterocycles. The summed E-state index contributed by atoms with van der Waals surface area (Å²) in [4.78, 5) is 36.3. The third-order valence-corrected chi connectivity index (χ3v) is 7.58. The first kappa shape index (κ1) is 20.2. The van der Waals surface area contributed by atoms with Gasteiger partial charge < -0.3 is 9.80 Å². The highest BCUT2D eigenvalue weighted by atomic mass is 32.1. The highest BCUT2D eigenvalue weighted by Crippen LogP contribution is 2.35. The smallest absolute Gasteiger partial charge is 0.262 e. The van der Waals surface area contributed by atoms with Crippen molar-refractivity contribution in [2.24, 2.45) is 5.92 Å². The minimum atomic E-state index is -0.248. The van der Waals surface area contributed by atoms with Gasteiger partial charge in [0.2, 0.25) is 5.91 Å². The molecular formula is C23H25FN4O2S. The Morgan fingerprint density at radius 3 is 2.77 bits per heavy atom. The van der Waals surface area contributed by atoms with Gasteiger partial charge in [-0.3, -0.25) is 14.2 Å². The molecule has 0 bridgehead atoms. The highest BCUT2D eigenvalue weighted by molar-refractivity contribution is 7.18. The van der Waals surface area contributed by atoms with Crippen molar-refractivity contribution in [1.82, 2.24) is 14.5 Å². The monoisotopic (exact) mass is 440 g/mol. The van der Waals surface area contributed by atoms with Gasteiger partial charge in [-0.1, -0.05) is 19.1 Å². The van der Waals surface area contributed by atoms with Crippen molar-refractivity contribution in [3.8, 4) is 0 Å². The van der Waals surface area contributed by atoms with Gasteiger partial charge in [0.05, 0.1) is 17.4 Å². The minimum Gasteiger partial charge on any atom is -0.366 e. The summed E-state index contributed by atoms with van der Waals surface area (Å²) >= 11 is 1.62. The van der Waals surface area contributed by atoms with E-state index in [-0.39, 0.29) is 23.8 Å². The summed E-state index contributed by atoms with van der Waals surface area (Å²) < 4.78 is 15.5. The Hall–Kier alpha value is -2.74. The quantitative estimate of drug-likeness (QED) is 0.628. The summed E-state index contributed by atoms with van der Waals surface area (Å²) in [5.74, 6) is 0.281.